The van der Waals surface area contributed by atoms with Gasteiger partial charge in [-0.05, 0) is 18.9 Å². The first-order valence-corrected chi connectivity index (χ1v) is 5.74. The molecule has 4 rings (SSSR count). The van der Waals surface area contributed by atoms with Gasteiger partial charge in [-0.1, -0.05) is 0 Å². The van der Waals surface area contributed by atoms with Crippen molar-refractivity contribution >= 4 is 28.6 Å². The van der Waals surface area contributed by atoms with Crippen LogP contribution in [0, 0.1) is 5.92 Å². The summed E-state index contributed by atoms with van der Waals surface area (Å²) in [5.41, 5.74) is 3.71. The molecule has 1 unspecified atom stereocenters. The molecule has 0 fully saturated rings. The molecule has 88 valence electrons. The number of carbonyl (C=O) groups excluding carboxylic acids is 2. The van der Waals surface area contributed by atoms with Crippen LogP contribution in [0.2, 0.25) is 0 Å². The Bertz CT molecular complexity index is 744. The molecule has 0 bridgehead atoms. The molecule has 2 aromatic rings. The molecule has 1 N–H and O–H groups in total. The van der Waals surface area contributed by atoms with E-state index in [0.29, 0.717) is 24.2 Å². The Hall–Kier alpha value is -2.37. The van der Waals surface area contributed by atoms with Crippen LogP contribution < -0.4 is 0 Å². The molecule has 6 heteroatoms. The van der Waals surface area contributed by atoms with Crippen molar-refractivity contribution in [3.05, 3.63) is 23.7 Å². The molecule has 18 heavy (non-hydrogen) atoms. The van der Waals surface area contributed by atoms with E-state index in [0.717, 1.165) is 16.8 Å². The van der Waals surface area contributed by atoms with Crippen molar-refractivity contribution in [1.82, 2.24) is 15.0 Å². The molecule has 1 aliphatic heterocycles. The maximum Gasteiger partial charge on any atom is 0.314 e. The quantitative estimate of drug-likeness (QED) is 0.676. The van der Waals surface area contributed by atoms with Gasteiger partial charge >= 0.3 is 5.91 Å². The zero-order valence-electron chi connectivity index (χ0n) is 9.30. The van der Waals surface area contributed by atoms with Gasteiger partial charge in [0.05, 0.1) is 29.2 Å². The van der Waals surface area contributed by atoms with Gasteiger partial charge in [0.15, 0.2) is 5.65 Å². The van der Waals surface area contributed by atoms with E-state index in [1.807, 2.05) is 6.07 Å². The highest BCUT2D eigenvalue weighted by Crippen LogP contribution is 2.30. The Labute approximate surface area is 101 Å². The van der Waals surface area contributed by atoms with Crippen molar-refractivity contribution < 1.29 is 9.59 Å². The molecule has 0 aromatic carbocycles. The zero-order chi connectivity index (χ0) is 12.3. The van der Waals surface area contributed by atoms with Crippen LogP contribution in [0.1, 0.15) is 17.7 Å². The first-order valence-electron chi connectivity index (χ1n) is 5.74. The number of aliphatic imine (C=N–C) groups is 1. The number of hydrogen-bond donors (Lipinski definition) is 1. The Balaban J connectivity index is 1.99. The highest BCUT2D eigenvalue weighted by atomic mass is 16.2. The molecule has 3 heterocycles. The Morgan fingerprint density at radius 3 is 3.11 bits per heavy atom. The minimum Gasteiger partial charge on any atom is -0.343 e. The van der Waals surface area contributed by atoms with E-state index in [4.69, 9.17) is 0 Å². The van der Waals surface area contributed by atoms with Crippen LogP contribution in [0.25, 0.3) is 11.2 Å². The summed E-state index contributed by atoms with van der Waals surface area (Å²) in [6.07, 6.45) is 2.87. The highest BCUT2D eigenvalue weighted by Gasteiger charge is 2.40. The lowest BCUT2D eigenvalue weighted by atomic mass is 9.84. The van der Waals surface area contributed by atoms with Gasteiger partial charge in [-0.25, -0.2) is 15.0 Å². The summed E-state index contributed by atoms with van der Waals surface area (Å²) in [4.78, 5) is 38.4. The fraction of sp³-hybridized carbons (Fsp3) is 0.250. The van der Waals surface area contributed by atoms with Crippen molar-refractivity contribution in [2.24, 2.45) is 10.9 Å². The van der Waals surface area contributed by atoms with E-state index in [1.54, 1.807) is 6.33 Å². The molecule has 1 atom stereocenters. The fourth-order valence-electron chi connectivity index (χ4n) is 2.63. The molecule has 2 aromatic heterocycles. The second kappa shape index (κ2) is 3.10. The van der Waals surface area contributed by atoms with E-state index in [9.17, 15) is 9.59 Å². The minimum absolute atomic E-state index is 0.368. The molecule has 0 saturated carbocycles. The molecule has 1 amide bonds. The second-order valence-electron chi connectivity index (χ2n) is 4.51. The first kappa shape index (κ1) is 9.64. The van der Waals surface area contributed by atoms with Crippen LogP contribution >= 0.6 is 0 Å². The number of ketones is 1. The number of nitrogens with one attached hydrogen (secondary N) is 1. The lowest BCUT2D eigenvalue weighted by Crippen LogP contribution is -2.27. The predicted octanol–water partition coefficient (Wildman–Crippen LogP) is 0.419. The van der Waals surface area contributed by atoms with Crippen LogP contribution in [-0.2, 0) is 16.0 Å². The number of aromatic amines is 1. The summed E-state index contributed by atoms with van der Waals surface area (Å²) in [6.45, 7) is 0. The van der Waals surface area contributed by atoms with Crippen molar-refractivity contribution in [3.63, 3.8) is 0 Å². The van der Waals surface area contributed by atoms with E-state index >= 15 is 0 Å². The number of carbonyl (C=O) groups is 2. The molecule has 6 nitrogen and oxygen atoms in total. The smallest absolute Gasteiger partial charge is 0.314 e. The van der Waals surface area contributed by atoms with Gasteiger partial charge in [-0.3, -0.25) is 9.59 Å². The standard InChI is InChI=1S/C12H8N4O2/c17-10-5-1-2-7-6(9(5)16-12(10)18)3-8-11(15-7)14-4-13-8/h3-5H,1-2H2,(H,13,14,15). The summed E-state index contributed by atoms with van der Waals surface area (Å²) >= 11 is 0. The SMILES string of the molecule is O=C1N=C2c3cc4[nH]cnc4nc3CCC2C1=O. The van der Waals surface area contributed by atoms with E-state index in [2.05, 4.69) is 19.9 Å². The Kier molecular flexibility index (Phi) is 1.66. The Morgan fingerprint density at radius 2 is 2.22 bits per heavy atom. The lowest BCUT2D eigenvalue weighted by Gasteiger charge is -2.19. The Morgan fingerprint density at radius 1 is 1.33 bits per heavy atom. The predicted molar refractivity (Wildman–Crippen MR) is 62.3 cm³/mol. The zero-order valence-corrected chi connectivity index (χ0v) is 9.30. The number of nitrogens with zero attached hydrogens (tertiary/aromatic N) is 3. The largest absolute Gasteiger partial charge is 0.343 e. The number of pyridine rings is 1. The minimum atomic E-state index is -0.632. The van der Waals surface area contributed by atoms with Crippen molar-refractivity contribution in [2.45, 2.75) is 12.8 Å². The van der Waals surface area contributed by atoms with Gasteiger partial charge < -0.3 is 4.98 Å². The number of H-pyrrole nitrogens is 1. The van der Waals surface area contributed by atoms with Gasteiger partial charge in [0.2, 0.25) is 5.78 Å². The fourth-order valence-corrected chi connectivity index (χ4v) is 2.63. The summed E-state index contributed by atoms with van der Waals surface area (Å²) in [7, 11) is 0. The van der Waals surface area contributed by atoms with Crippen LogP contribution in [0.5, 0.6) is 0 Å². The molecular weight excluding hydrogens is 232 g/mol. The molecule has 0 spiro atoms. The third-order valence-electron chi connectivity index (χ3n) is 3.51. The third-order valence-corrected chi connectivity index (χ3v) is 3.51. The average molecular weight is 240 g/mol. The van der Waals surface area contributed by atoms with Crippen LogP contribution in [-0.4, -0.2) is 32.4 Å². The summed E-state index contributed by atoms with van der Waals surface area (Å²) < 4.78 is 0. The maximum atomic E-state index is 11.7. The van der Waals surface area contributed by atoms with Gasteiger partial charge in [-0.15, -0.1) is 0 Å². The number of amides is 1. The van der Waals surface area contributed by atoms with Gasteiger partial charge in [0.1, 0.15) is 0 Å². The van der Waals surface area contributed by atoms with Crippen molar-refractivity contribution in [1.29, 1.82) is 0 Å². The van der Waals surface area contributed by atoms with E-state index in [-0.39, 0.29) is 11.7 Å². The van der Waals surface area contributed by atoms with Crippen LogP contribution in [0.3, 0.4) is 0 Å². The normalized spacial score (nSPS) is 22.0. The average Bonchev–Trinajstić information content (AvgIpc) is 2.93. The van der Waals surface area contributed by atoms with Crippen LogP contribution in [0.15, 0.2) is 17.4 Å². The number of aromatic nitrogens is 3. The summed E-state index contributed by atoms with van der Waals surface area (Å²) in [5.74, 6) is -1.39. The molecule has 2 aliphatic rings. The van der Waals surface area contributed by atoms with Gasteiger partial charge in [0, 0.05) is 5.56 Å². The highest BCUT2D eigenvalue weighted by molar-refractivity contribution is 6.49. The van der Waals surface area contributed by atoms with Gasteiger partial charge in [0.25, 0.3) is 0 Å². The summed E-state index contributed by atoms with van der Waals surface area (Å²) in [5, 5.41) is 0. The monoisotopic (exact) mass is 240 g/mol. The van der Waals surface area contributed by atoms with Crippen LogP contribution in [0.4, 0.5) is 0 Å². The molecule has 1 aliphatic carbocycles. The van der Waals surface area contributed by atoms with E-state index in [1.165, 1.54) is 0 Å². The van der Waals surface area contributed by atoms with Crippen molar-refractivity contribution in [2.75, 3.05) is 0 Å². The molecule has 0 radical (unpaired) electrons. The number of hydrogen-bond acceptors (Lipinski definition) is 4. The van der Waals surface area contributed by atoms with E-state index < -0.39 is 5.91 Å². The topological polar surface area (TPSA) is 88.1 Å². The first-order chi connectivity index (χ1) is 8.74. The summed E-state index contributed by atoms with van der Waals surface area (Å²) in [6, 6.07) is 1.88. The molecular formula is C12H8N4O2. The number of Topliss-reactive ketones (excluding diaryl/α,β-unsaturated/α-hetero) is 1. The molecule has 0 saturated heterocycles. The maximum absolute atomic E-state index is 11.7. The second-order valence-corrected chi connectivity index (χ2v) is 4.51. The third kappa shape index (κ3) is 1.09. The lowest BCUT2D eigenvalue weighted by molar-refractivity contribution is -0.136. The number of rotatable bonds is 0. The van der Waals surface area contributed by atoms with Crippen molar-refractivity contribution in [3.8, 4) is 0 Å². The number of fused-ring (bicyclic) bond motifs is 4. The van der Waals surface area contributed by atoms with Gasteiger partial charge in [-0.2, -0.15) is 0 Å². The number of imidazole rings is 1. The number of aryl methyl sites for hydroxylation is 1.